The monoisotopic (exact) mass is 269 g/mol. The first-order valence-corrected chi connectivity index (χ1v) is 7.14. The second-order valence-corrected chi connectivity index (χ2v) is 6.08. The van der Waals surface area contributed by atoms with E-state index in [1.165, 1.54) is 12.8 Å². The minimum absolute atomic E-state index is 0.0267. The van der Waals surface area contributed by atoms with Gasteiger partial charge in [-0.15, -0.1) is 0 Å². The fraction of sp³-hybridized carbons (Fsp3) is 0.857. The van der Waals surface area contributed by atoms with Crippen LogP contribution >= 0.6 is 0 Å². The highest BCUT2D eigenvalue weighted by Crippen LogP contribution is 2.32. The van der Waals surface area contributed by atoms with Gasteiger partial charge in [0.15, 0.2) is 0 Å². The van der Waals surface area contributed by atoms with Crippen LogP contribution in [0.15, 0.2) is 0 Å². The van der Waals surface area contributed by atoms with Crippen LogP contribution in [0.25, 0.3) is 0 Å². The van der Waals surface area contributed by atoms with Crippen LogP contribution in [0.4, 0.5) is 0 Å². The van der Waals surface area contributed by atoms with Crippen molar-refractivity contribution in [3.63, 3.8) is 0 Å². The smallest absolute Gasteiger partial charge is 0.329 e. The highest BCUT2D eigenvalue weighted by molar-refractivity contribution is 5.87. The van der Waals surface area contributed by atoms with Crippen molar-refractivity contribution in [1.82, 2.24) is 5.32 Å². The molecule has 0 atom stereocenters. The highest BCUT2D eigenvalue weighted by atomic mass is 16.5. The van der Waals surface area contributed by atoms with E-state index in [0.29, 0.717) is 31.3 Å². The SMILES string of the molecule is CC1CCC(NC(=O)COCC2CC2)(C(=O)O)CC1. The van der Waals surface area contributed by atoms with Gasteiger partial charge in [-0.05, 0) is 50.4 Å². The minimum Gasteiger partial charge on any atom is -0.480 e. The van der Waals surface area contributed by atoms with Gasteiger partial charge in [-0.2, -0.15) is 0 Å². The lowest BCUT2D eigenvalue weighted by Gasteiger charge is -2.36. The molecule has 2 fully saturated rings. The van der Waals surface area contributed by atoms with Gasteiger partial charge in [0.1, 0.15) is 12.1 Å². The van der Waals surface area contributed by atoms with Gasteiger partial charge in [-0.1, -0.05) is 6.92 Å². The number of carboxylic acid groups (broad SMARTS) is 1. The molecule has 0 bridgehead atoms. The fourth-order valence-electron chi connectivity index (χ4n) is 2.55. The molecule has 2 saturated carbocycles. The summed E-state index contributed by atoms with van der Waals surface area (Å²) in [6.45, 7) is 2.71. The number of hydrogen-bond acceptors (Lipinski definition) is 3. The van der Waals surface area contributed by atoms with Gasteiger partial charge in [0.25, 0.3) is 0 Å². The number of carbonyl (C=O) groups excluding carboxylic acids is 1. The van der Waals surface area contributed by atoms with E-state index in [1.807, 2.05) is 0 Å². The molecule has 0 aromatic rings. The van der Waals surface area contributed by atoms with Crippen LogP contribution in [0.1, 0.15) is 45.4 Å². The maximum absolute atomic E-state index is 11.8. The lowest BCUT2D eigenvalue weighted by molar-refractivity contribution is -0.150. The molecule has 2 aliphatic carbocycles. The van der Waals surface area contributed by atoms with Gasteiger partial charge < -0.3 is 15.2 Å². The van der Waals surface area contributed by atoms with Crippen LogP contribution in [0.5, 0.6) is 0 Å². The van der Waals surface area contributed by atoms with Crippen molar-refractivity contribution in [3.8, 4) is 0 Å². The standard InChI is InChI=1S/C14H23NO4/c1-10-4-6-14(7-5-10,13(17)18)15-12(16)9-19-8-11-2-3-11/h10-11H,2-9H2,1H3,(H,15,16)(H,17,18). The molecule has 19 heavy (non-hydrogen) atoms. The third-order valence-electron chi connectivity index (χ3n) is 4.20. The molecule has 0 unspecified atom stereocenters. The van der Waals surface area contributed by atoms with Crippen molar-refractivity contribution < 1.29 is 19.4 Å². The Bertz CT molecular complexity index is 343. The van der Waals surface area contributed by atoms with E-state index in [0.717, 1.165) is 12.8 Å². The Morgan fingerprint density at radius 3 is 2.42 bits per heavy atom. The van der Waals surface area contributed by atoms with Gasteiger partial charge in [0.05, 0.1) is 6.61 Å². The number of aliphatic carboxylic acids is 1. The van der Waals surface area contributed by atoms with Crippen LogP contribution in [-0.4, -0.2) is 35.7 Å². The Balaban J connectivity index is 1.81. The van der Waals surface area contributed by atoms with Gasteiger partial charge in [0.2, 0.25) is 5.91 Å². The van der Waals surface area contributed by atoms with Crippen LogP contribution in [0.3, 0.4) is 0 Å². The highest BCUT2D eigenvalue weighted by Gasteiger charge is 2.42. The third-order valence-corrected chi connectivity index (χ3v) is 4.20. The summed E-state index contributed by atoms with van der Waals surface area (Å²) in [5, 5.41) is 12.1. The lowest BCUT2D eigenvalue weighted by Crippen LogP contribution is -2.57. The maximum Gasteiger partial charge on any atom is 0.329 e. The summed E-state index contributed by atoms with van der Waals surface area (Å²) in [6, 6.07) is 0. The van der Waals surface area contributed by atoms with E-state index >= 15 is 0 Å². The quantitative estimate of drug-likeness (QED) is 0.767. The van der Waals surface area contributed by atoms with Gasteiger partial charge in [0, 0.05) is 0 Å². The molecular weight excluding hydrogens is 246 g/mol. The summed E-state index contributed by atoms with van der Waals surface area (Å²) < 4.78 is 5.30. The van der Waals surface area contributed by atoms with Crippen LogP contribution in [-0.2, 0) is 14.3 Å². The molecule has 0 heterocycles. The molecule has 1 amide bonds. The molecule has 0 radical (unpaired) electrons. The predicted octanol–water partition coefficient (Wildman–Crippen LogP) is 1.56. The van der Waals surface area contributed by atoms with E-state index < -0.39 is 11.5 Å². The molecule has 2 rings (SSSR count). The van der Waals surface area contributed by atoms with Crippen LogP contribution in [0.2, 0.25) is 0 Å². The average Bonchev–Trinajstić information content (AvgIpc) is 3.16. The number of nitrogens with one attached hydrogen (secondary N) is 1. The number of amides is 1. The molecule has 5 heteroatoms. The van der Waals surface area contributed by atoms with E-state index in [9.17, 15) is 14.7 Å². The first-order valence-electron chi connectivity index (χ1n) is 7.14. The maximum atomic E-state index is 11.8. The Hall–Kier alpha value is -1.10. The first kappa shape index (κ1) is 14.3. The molecule has 108 valence electrons. The normalized spacial score (nSPS) is 30.9. The molecule has 0 spiro atoms. The molecule has 2 N–H and O–H groups in total. The third kappa shape index (κ3) is 3.93. The number of carboxylic acids is 1. The molecule has 0 aliphatic heterocycles. The molecule has 0 saturated heterocycles. The topological polar surface area (TPSA) is 75.6 Å². The van der Waals surface area contributed by atoms with Gasteiger partial charge in [-0.25, -0.2) is 4.79 Å². The van der Waals surface area contributed by atoms with Crippen molar-refractivity contribution in [3.05, 3.63) is 0 Å². The first-order chi connectivity index (χ1) is 9.02. The van der Waals surface area contributed by atoms with E-state index in [1.54, 1.807) is 0 Å². The van der Waals surface area contributed by atoms with Crippen molar-refractivity contribution in [2.75, 3.05) is 13.2 Å². The molecular formula is C14H23NO4. The zero-order chi connectivity index (χ0) is 13.9. The molecule has 0 aromatic carbocycles. The summed E-state index contributed by atoms with van der Waals surface area (Å²) >= 11 is 0. The molecule has 2 aliphatic rings. The Labute approximate surface area is 113 Å². The number of hydrogen-bond donors (Lipinski definition) is 2. The van der Waals surface area contributed by atoms with Gasteiger partial charge >= 0.3 is 5.97 Å². The summed E-state index contributed by atoms with van der Waals surface area (Å²) in [5.74, 6) is -0.0835. The molecule has 5 nitrogen and oxygen atoms in total. The van der Waals surface area contributed by atoms with Crippen molar-refractivity contribution in [2.45, 2.75) is 51.0 Å². The molecule has 0 aromatic heterocycles. The Morgan fingerprint density at radius 1 is 1.26 bits per heavy atom. The predicted molar refractivity (Wildman–Crippen MR) is 69.7 cm³/mol. The van der Waals surface area contributed by atoms with Crippen molar-refractivity contribution in [2.24, 2.45) is 11.8 Å². The number of carbonyl (C=O) groups is 2. The fourth-order valence-corrected chi connectivity index (χ4v) is 2.55. The van der Waals surface area contributed by atoms with Crippen LogP contribution in [0, 0.1) is 11.8 Å². The second kappa shape index (κ2) is 5.90. The largest absolute Gasteiger partial charge is 0.480 e. The van der Waals surface area contributed by atoms with Crippen molar-refractivity contribution in [1.29, 1.82) is 0 Å². The zero-order valence-electron chi connectivity index (χ0n) is 11.5. The summed E-state index contributed by atoms with van der Waals surface area (Å²) in [5.41, 5.74) is -1.08. The Kier molecular flexibility index (Phi) is 4.45. The van der Waals surface area contributed by atoms with Crippen LogP contribution < -0.4 is 5.32 Å². The van der Waals surface area contributed by atoms with Crippen molar-refractivity contribution >= 4 is 11.9 Å². The Morgan fingerprint density at radius 2 is 1.89 bits per heavy atom. The van der Waals surface area contributed by atoms with E-state index in [-0.39, 0.29) is 12.5 Å². The van der Waals surface area contributed by atoms with E-state index in [2.05, 4.69) is 12.2 Å². The summed E-state index contributed by atoms with van der Waals surface area (Å²) in [7, 11) is 0. The zero-order valence-corrected chi connectivity index (χ0v) is 11.5. The lowest BCUT2D eigenvalue weighted by atomic mass is 9.77. The summed E-state index contributed by atoms with van der Waals surface area (Å²) in [4.78, 5) is 23.3. The number of rotatable bonds is 6. The second-order valence-electron chi connectivity index (χ2n) is 6.08. The summed E-state index contributed by atoms with van der Waals surface area (Å²) in [6.07, 6.45) is 5.07. The number of ether oxygens (including phenoxy) is 1. The minimum atomic E-state index is -1.08. The average molecular weight is 269 g/mol. The van der Waals surface area contributed by atoms with Gasteiger partial charge in [-0.3, -0.25) is 4.79 Å². The van der Waals surface area contributed by atoms with E-state index in [4.69, 9.17) is 4.74 Å².